The molecular formula is C10H14N2O5S. The number of ether oxygens (including phenoxy) is 1. The van der Waals surface area contributed by atoms with Gasteiger partial charge in [0.1, 0.15) is 4.90 Å². The summed E-state index contributed by atoms with van der Waals surface area (Å²) in [5.74, 6) is -0.603. The van der Waals surface area contributed by atoms with Crippen molar-refractivity contribution in [1.82, 2.24) is 4.72 Å². The third kappa shape index (κ3) is 3.19. The van der Waals surface area contributed by atoms with Crippen LogP contribution in [0, 0.1) is 0 Å². The second-order valence-electron chi connectivity index (χ2n) is 3.37. The average molecular weight is 274 g/mol. The predicted octanol–water partition coefficient (Wildman–Crippen LogP) is -0.674. The summed E-state index contributed by atoms with van der Waals surface area (Å²) in [7, 11) is -2.58. The average Bonchev–Trinajstić information content (AvgIpc) is 2.35. The number of carbonyl (C=O) groups excluding carboxylic acids is 1. The predicted molar refractivity (Wildman–Crippen MR) is 64.5 cm³/mol. The van der Waals surface area contributed by atoms with Gasteiger partial charge < -0.3 is 15.6 Å². The minimum Gasteiger partial charge on any atom is -0.465 e. The van der Waals surface area contributed by atoms with E-state index in [0.717, 1.165) is 0 Å². The van der Waals surface area contributed by atoms with Crippen molar-refractivity contribution >= 4 is 21.7 Å². The molecule has 0 heterocycles. The number of esters is 1. The number of nitrogens with one attached hydrogen (secondary N) is 1. The first-order chi connectivity index (χ1) is 8.42. The van der Waals surface area contributed by atoms with Crippen molar-refractivity contribution in [2.45, 2.75) is 4.90 Å². The fourth-order valence-electron chi connectivity index (χ4n) is 1.30. The maximum Gasteiger partial charge on any atom is 0.337 e. The van der Waals surface area contributed by atoms with Crippen molar-refractivity contribution in [3.05, 3.63) is 23.8 Å². The molecule has 18 heavy (non-hydrogen) atoms. The molecule has 100 valence electrons. The molecule has 0 saturated carbocycles. The van der Waals surface area contributed by atoms with E-state index in [9.17, 15) is 13.2 Å². The Morgan fingerprint density at radius 1 is 1.50 bits per heavy atom. The van der Waals surface area contributed by atoms with E-state index in [4.69, 9.17) is 10.8 Å². The number of rotatable bonds is 5. The van der Waals surface area contributed by atoms with Gasteiger partial charge in [-0.05, 0) is 18.2 Å². The molecule has 0 unspecified atom stereocenters. The van der Waals surface area contributed by atoms with Crippen molar-refractivity contribution in [2.24, 2.45) is 0 Å². The summed E-state index contributed by atoms with van der Waals surface area (Å²) in [4.78, 5) is 11.1. The highest BCUT2D eigenvalue weighted by molar-refractivity contribution is 7.89. The van der Waals surface area contributed by atoms with Crippen LogP contribution in [-0.2, 0) is 14.8 Å². The Morgan fingerprint density at radius 2 is 2.17 bits per heavy atom. The number of aliphatic hydroxyl groups excluding tert-OH is 1. The van der Waals surface area contributed by atoms with E-state index in [-0.39, 0.29) is 29.3 Å². The third-order valence-corrected chi connectivity index (χ3v) is 3.66. The lowest BCUT2D eigenvalue weighted by Gasteiger charge is -2.09. The molecule has 0 atom stereocenters. The summed E-state index contributed by atoms with van der Waals surface area (Å²) >= 11 is 0. The van der Waals surface area contributed by atoms with Crippen LogP contribution in [0.5, 0.6) is 0 Å². The Balaban J connectivity index is 3.09. The van der Waals surface area contributed by atoms with E-state index in [1.807, 2.05) is 0 Å². The minimum atomic E-state index is -3.79. The van der Waals surface area contributed by atoms with Gasteiger partial charge in [0.2, 0.25) is 10.0 Å². The number of sulfonamides is 1. The van der Waals surface area contributed by atoms with E-state index in [1.165, 1.54) is 25.3 Å². The number of anilines is 1. The van der Waals surface area contributed by atoms with Crippen LogP contribution in [0.3, 0.4) is 0 Å². The second-order valence-corrected chi connectivity index (χ2v) is 5.10. The number of hydrogen-bond donors (Lipinski definition) is 3. The van der Waals surface area contributed by atoms with Gasteiger partial charge >= 0.3 is 5.97 Å². The van der Waals surface area contributed by atoms with Gasteiger partial charge in [-0.2, -0.15) is 0 Å². The molecule has 7 nitrogen and oxygen atoms in total. The van der Waals surface area contributed by atoms with Crippen LogP contribution in [0.1, 0.15) is 10.4 Å². The molecule has 0 aliphatic heterocycles. The van der Waals surface area contributed by atoms with E-state index in [0.29, 0.717) is 0 Å². The number of hydrogen-bond acceptors (Lipinski definition) is 6. The zero-order valence-corrected chi connectivity index (χ0v) is 10.5. The molecule has 1 aromatic carbocycles. The zero-order valence-electron chi connectivity index (χ0n) is 9.71. The van der Waals surface area contributed by atoms with Crippen LogP contribution in [0.2, 0.25) is 0 Å². The molecule has 0 fully saturated rings. The number of aliphatic hydroxyl groups is 1. The lowest BCUT2D eigenvalue weighted by Crippen LogP contribution is -2.27. The van der Waals surface area contributed by atoms with Gasteiger partial charge in [0, 0.05) is 6.54 Å². The van der Waals surface area contributed by atoms with Crippen LogP contribution in [0.15, 0.2) is 23.1 Å². The highest BCUT2D eigenvalue weighted by Crippen LogP contribution is 2.19. The zero-order chi connectivity index (χ0) is 13.8. The molecule has 1 rings (SSSR count). The highest BCUT2D eigenvalue weighted by Gasteiger charge is 2.18. The molecule has 0 radical (unpaired) electrons. The van der Waals surface area contributed by atoms with Crippen LogP contribution < -0.4 is 10.5 Å². The van der Waals surface area contributed by atoms with Crippen molar-refractivity contribution in [1.29, 1.82) is 0 Å². The first-order valence-corrected chi connectivity index (χ1v) is 6.49. The minimum absolute atomic E-state index is 0.0664. The molecule has 0 aromatic heterocycles. The second kappa shape index (κ2) is 5.80. The quantitative estimate of drug-likeness (QED) is 0.484. The van der Waals surface area contributed by atoms with Crippen molar-refractivity contribution < 1.29 is 23.1 Å². The molecule has 0 aliphatic carbocycles. The summed E-state index contributed by atoms with van der Waals surface area (Å²) in [5, 5.41) is 8.58. The van der Waals surface area contributed by atoms with Gasteiger partial charge in [-0.3, -0.25) is 0 Å². The maximum absolute atomic E-state index is 11.7. The van der Waals surface area contributed by atoms with Gasteiger partial charge in [-0.25, -0.2) is 17.9 Å². The number of methoxy groups -OCH3 is 1. The summed E-state index contributed by atoms with van der Waals surface area (Å²) in [6.07, 6.45) is 0. The smallest absolute Gasteiger partial charge is 0.337 e. The first kappa shape index (κ1) is 14.4. The molecule has 0 spiro atoms. The van der Waals surface area contributed by atoms with Gasteiger partial charge in [-0.15, -0.1) is 0 Å². The van der Waals surface area contributed by atoms with E-state index in [1.54, 1.807) is 0 Å². The van der Waals surface area contributed by atoms with Crippen molar-refractivity contribution in [3.8, 4) is 0 Å². The standard InChI is InChI=1S/C10H14N2O5S/c1-17-10(14)7-2-3-9(8(11)6-7)18(15,16)12-4-5-13/h2-3,6,12-13H,4-5,11H2,1H3. The van der Waals surface area contributed by atoms with Gasteiger partial charge in [-0.1, -0.05) is 0 Å². The summed E-state index contributed by atoms with van der Waals surface area (Å²) in [5.41, 5.74) is 5.68. The Hall–Kier alpha value is -1.64. The van der Waals surface area contributed by atoms with E-state index < -0.39 is 16.0 Å². The van der Waals surface area contributed by atoms with E-state index in [2.05, 4.69) is 9.46 Å². The monoisotopic (exact) mass is 274 g/mol. The molecule has 0 bridgehead atoms. The molecule has 8 heteroatoms. The van der Waals surface area contributed by atoms with Crippen LogP contribution >= 0.6 is 0 Å². The number of benzene rings is 1. The molecule has 1 aromatic rings. The summed E-state index contributed by atoms with van der Waals surface area (Å²) in [6.45, 7) is -0.431. The lowest BCUT2D eigenvalue weighted by atomic mass is 10.2. The number of nitrogens with two attached hydrogens (primary N) is 1. The van der Waals surface area contributed by atoms with Crippen LogP contribution in [0.4, 0.5) is 5.69 Å². The summed E-state index contributed by atoms with van der Waals surface area (Å²) in [6, 6.07) is 3.73. The Kier molecular flexibility index (Phi) is 4.65. The fraction of sp³-hybridized carbons (Fsp3) is 0.300. The maximum atomic E-state index is 11.7. The van der Waals surface area contributed by atoms with Gasteiger partial charge in [0.25, 0.3) is 0 Å². The molecule has 0 aliphatic rings. The summed E-state index contributed by atoms with van der Waals surface area (Å²) < 4.78 is 30.1. The molecule has 4 N–H and O–H groups in total. The van der Waals surface area contributed by atoms with Gasteiger partial charge in [0.15, 0.2) is 0 Å². The Labute approximate surface area is 105 Å². The van der Waals surface area contributed by atoms with Crippen molar-refractivity contribution in [2.75, 3.05) is 26.0 Å². The lowest BCUT2D eigenvalue weighted by molar-refractivity contribution is 0.0600. The largest absolute Gasteiger partial charge is 0.465 e. The van der Waals surface area contributed by atoms with Crippen LogP contribution in [0.25, 0.3) is 0 Å². The van der Waals surface area contributed by atoms with Crippen molar-refractivity contribution in [3.63, 3.8) is 0 Å². The van der Waals surface area contributed by atoms with Gasteiger partial charge in [0.05, 0.1) is 25.0 Å². The normalized spacial score (nSPS) is 11.2. The number of nitrogen functional groups attached to an aromatic ring is 1. The third-order valence-electron chi connectivity index (χ3n) is 2.12. The number of carbonyl (C=O) groups is 1. The first-order valence-electron chi connectivity index (χ1n) is 5.00. The molecule has 0 saturated heterocycles. The van der Waals surface area contributed by atoms with E-state index >= 15 is 0 Å². The van der Waals surface area contributed by atoms with Crippen LogP contribution in [-0.4, -0.2) is 39.8 Å². The molecular weight excluding hydrogens is 260 g/mol. The SMILES string of the molecule is COC(=O)c1ccc(S(=O)(=O)NCCO)c(N)c1. The Bertz CT molecular complexity index is 541. The topological polar surface area (TPSA) is 119 Å². The Morgan fingerprint density at radius 3 is 2.67 bits per heavy atom. The highest BCUT2D eigenvalue weighted by atomic mass is 32.2. The molecule has 0 amide bonds. The fourth-order valence-corrected chi connectivity index (χ4v) is 2.43.